The molecule has 2 atom stereocenters. The third kappa shape index (κ3) is 1.80. The fourth-order valence-corrected chi connectivity index (χ4v) is 4.24. The van der Waals surface area contributed by atoms with Crippen molar-refractivity contribution < 1.29 is 0 Å². The topological polar surface area (TPSA) is 3.24 Å². The highest BCUT2D eigenvalue weighted by Gasteiger charge is 2.40. The van der Waals surface area contributed by atoms with E-state index in [-0.39, 0.29) is 0 Å². The fraction of sp³-hybridized carbons (Fsp3) is 0.647. The highest BCUT2D eigenvalue weighted by molar-refractivity contribution is 5.41. The molecule has 2 bridgehead atoms. The summed E-state index contributed by atoms with van der Waals surface area (Å²) in [5.41, 5.74) is 6.06. The van der Waals surface area contributed by atoms with Crippen LogP contribution in [0.4, 0.5) is 0 Å². The van der Waals surface area contributed by atoms with Crippen LogP contribution in [0.25, 0.3) is 0 Å². The molecular weight excluding hydrogens is 218 g/mol. The number of piperidine rings is 3. The fourth-order valence-electron chi connectivity index (χ4n) is 4.24. The molecule has 0 spiro atoms. The van der Waals surface area contributed by atoms with E-state index < -0.39 is 0 Å². The summed E-state index contributed by atoms with van der Waals surface area (Å²) >= 11 is 0. The average Bonchev–Trinajstić information content (AvgIpc) is 2.36. The maximum atomic E-state index is 2.70. The van der Waals surface area contributed by atoms with Gasteiger partial charge in [0.2, 0.25) is 0 Å². The molecule has 1 aromatic rings. The average molecular weight is 243 g/mol. The van der Waals surface area contributed by atoms with E-state index in [1.807, 2.05) is 0 Å². The lowest BCUT2D eigenvalue weighted by atomic mass is 9.69. The Morgan fingerprint density at radius 3 is 2.33 bits per heavy atom. The summed E-state index contributed by atoms with van der Waals surface area (Å²) in [5.74, 6) is 1.69. The molecule has 1 aromatic carbocycles. The Bertz CT molecular complexity index is 453. The van der Waals surface area contributed by atoms with Crippen LogP contribution in [0.3, 0.4) is 0 Å². The van der Waals surface area contributed by atoms with Gasteiger partial charge in [0, 0.05) is 12.0 Å². The van der Waals surface area contributed by atoms with Gasteiger partial charge in [0.1, 0.15) is 0 Å². The highest BCUT2D eigenvalue weighted by atomic mass is 15.2. The highest BCUT2D eigenvalue weighted by Crippen LogP contribution is 2.44. The molecule has 3 fully saturated rings. The van der Waals surface area contributed by atoms with Crippen LogP contribution in [0.1, 0.15) is 47.9 Å². The molecular formula is C17H25N. The van der Waals surface area contributed by atoms with Crippen molar-refractivity contribution in [1.82, 2.24) is 4.90 Å². The lowest BCUT2D eigenvalue weighted by Crippen LogP contribution is -2.52. The number of rotatable bonds is 1. The van der Waals surface area contributed by atoms with Crippen LogP contribution < -0.4 is 0 Å². The molecule has 3 saturated heterocycles. The Morgan fingerprint density at radius 1 is 1.06 bits per heavy atom. The number of nitrogens with zero attached hydrogens (tertiary/aromatic N) is 1. The molecule has 1 nitrogen and oxygen atoms in total. The van der Waals surface area contributed by atoms with Crippen LogP contribution in [0.2, 0.25) is 0 Å². The van der Waals surface area contributed by atoms with Gasteiger partial charge in [-0.25, -0.2) is 0 Å². The molecule has 3 aliphatic heterocycles. The van der Waals surface area contributed by atoms with Crippen molar-refractivity contribution in [2.45, 2.75) is 52.5 Å². The van der Waals surface area contributed by atoms with Crippen molar-refractivity contribution >= 4 is 0 Å². The van der Waals surface area contributed by atoms with Crippen molar-refractivity contribution in [1.29, 1.82) is 0 Å². The van der Waals surface area contributed by atoms with Crippen molar-refractivity contribution in [3.8, 4) is 0 Å². The van der Waals surface area contributed by atoms with Crippen LogP contribution in [0.5, 0.6) is 0 Å². The Labute approximate surface area is 111 Å². The van der Waals surface area contributed by atoms with Gasteiger partial charge >= 0.3 is 0 Å². The zero-order valence-corrected chi connectivity index (χ0v) is 12.2. The number of benzene rings is 1. The second kappa shape index (κ2) is 4.38. The predicted molar refractivity (Wildman–Crippen MR) is 77.2 cm³/mol. The number of hydrogen-bond acceptors (Lipinski definition) is 1. The van der Waals surface area contributed by atoms with Crippen LogP contribution in [0.15, 0.2) is 12.1 Å². The lowest BCUT2D eigenvalue weighted by molar-refractivity contribution is 0.0347. The lowest BCUT2D eigenvalue weighted by Gasteiger charge is -2.50. The van der Waals surface area contributed by atoms with Gasteiger partial charge in [-0.15, -0.1) is 0 Å². The molecule has 0 aromatic heterocycles. The van der Waals surface area contributed by atoms with E-state index in [0.717, 1.165) is 17.9 Å². The predicted octanol–water partition coefficient (Wildman–Crippen LogP) is 3.81. The molecule has 0 amide bonds. The molecule has 1 unspecified atom stereocenters. The first-order valence-corrected chi connectivity index (χ1v) is 7.39. The maximum Gasteiger partial charge on any atom is 0.0138 e. The molecule has 3 aliphatic rings. The molecule has 4 rings (SSSR count). The minimum Gasteiger partial charge on any atom is -0.300 e. The van der Waals surface area contributed by atoms with Crippen molar-refractivity contribution in [2.75, 3.05) is 13.1 Å². The molecule has 0 radical (unpaired) electrons. The van der Waals surface area contributed by atoms with Crippen molar-refractivity contribution in [3.05, 3.63) is 34.4 Å². The van der Waals surface area contributed by atoms with E-state index in [1.54, 1.807) is 5.56 Å². The standard InChI is InChI=1S/C17H25N/c1-11-9-12(2)13(3)16(10-11)17-14(4)18-7-5-15(17)6-8-18/h9-10,14-15,17H,5-8H2,1-4H3/t14-,17?/m1/s1. The second-order valence-corrected chi connectivity index (χ2v) is 6.44. The monoisotopic (exact) mass is 243 g/mol. The molecule has 0 N–H and O–H groups in total. The second-order valence-electron chi connectivity index (χ2n) is 6.44. The Morgan fingerprint density at radius 2 is 1.72 bits per heavy atom. The largest absolute Gasteiger partial charge is 0.300 e. The van der Waals surface area contributed by atoms with Gasteiger partial charge < -0.3 is 4.90 Å². The van der Waals surface area contributed by atoms with Crippen molar-refractivity contribution in [2.24, 2.45) is 5.92 Å². The van der Waals surface area contributed by atoms with Gasteiger partial charge in [0.05, 0.1) is 0 Å². The van der Waals surface area contributed by atoms with E-state index >= 15 is 0 Å². The number of aryl methyl sites for hydroxylation is 2. The first kappa shape index (κ1) is 12.2. The smallest absolute Gasteiger partial charge is 0.0138 e. The third-order valence-corrected chi connectivity index (χ3v) is 5.39. The zero-order valence-electron chi connectivity index (χ0n) is 12.2. The minimum absolute atomic E-state index is 0.734. The van der Waals surface area contributed by atoms with E-state index in [4.69, 9.17) is 0 Å². The van der Waals surface area contributed by atoms with Crippen LogP contribution >= 0.6 is 0 Å². The van der Waals surface area contributed by atoms with Crippen LogP contribution in [0, 0.1) is 26.7 Å². The Hall–Kier alpha value is -0.820. The quantitative estimate of drug-likeness (QED) is 0.725. The minimum atomic E-state index is 0.734. The van der Waals surface area contributed by atoms with Gasteiger partial charge in [-0.05, 0) is 76.2 Å². The molecule has 0 saturated carbocycles. The van der Waals surface area contributed by atoms with Gasteiger partial charge in [-0.1, -0.05) is 17.7 Å². The normalized spacial score (nSPS) is 34.9. The zero-order chi connectivity index (χ0) is 12.9. The summed E-state index contributed by atoms with van der Waals surface area (Å²) in [4.78, 5) is 2.70. The maximum absolute atomic E-state index is 2.70. The van der Waals surface area contributed by atoms with Gasteiger partial charge in [0.25, 0.3) is 0 Å². The third-order valence-electron chi connectivity index (χ3n) is 5.39. The molecule has 18 heavy (non-hydrogen) atoms. The number of hydrogen-bond donors (Lipinski definition) is 0. The van der Waals surface area contributed by atoms with Crippen molar-refractivity contribution in [3.63, 3.8) is 0 Å². The van der Waals surface area contributed by atoms with E-state index in [0.29, 0.717) is 0 Å². The summed E-state index contributed by atoms with van der Waals surface area (Å²) in [5, 5.41) is 0. The van der Waals surface area contributed by atoms with E-state index in [9.17, 15) is 0 Å². The van der Waals surface area contributed by atoms with Crippen LogP contribution in [-0.2, 0) is 0 Å². The molecule has 1 heteroatoms. The first-order chi connectivity index (χ1) is 8.58. The van der Waals surface area contributed by atoms with Gasteiger partial charge in [-0.3, -0.25) is 0 Å². The Balaban J connectivity index is 2.04. The first-order valence-electron chi connectivity index (χ1n) is 7.39. The summed E-state index contributed by atoms with van der Waals surface area (Å²) in [6.45, 7) is 11.9. The Kier molecular flexibility index (Phi) is 2.97. The van der Waals surface area contributed by atoms with E-state index in [2.05, 4.69) is 44.7 Å². The molecule has 98 valence electrons. The summed E-state index contributed by atoms with van der Waals surface area (Å²) < 4.78 is 0. The number of fused-ring (bicyclic) bond motifs is 3. The molecule has 0 aliphatic carbocycles. The SMILES string of the molecule is Cc1cc(C)c(C)c(C2C3CCN(CC3)[C@@H]2C)c1. The van der Waals surface area contributed by atoms with Gasteiger partial charge in [-0.2, -0.15) is 0 Å². The summed E-state index contributed by atoms with van der Waals surface area (Å²) in [7, 11) is 0. The van der Waals surface area contributed by atoms with E-state index in [1.165, 1.54) is 42.6 Å². The summed E-state index contributed by atoms with van der Waals surface area (Å²) in [6, 6.07) is 5.51. The van der Waals surface area contributed by atoms with Crippen LogP contribution in [-0.4, -0.2) is 24.0 Å². The summed E-state index contributed by atoms with van der Waals surface area (Å²) in [6.07, 6.45) is 2.81. The molecule has 3 heterocycles. The van der Waals surface area contributed by atoms with Gasteiger partial charge in [0.15, 0.2) is 0 Å².